The summed E-state index contributed by atoms with van der Waals surface area (Å²) >= 11 is 7.90. The normalized spacial score (nSPS) is 20.6. The molecule has 9 heteroatoms. The molecule has 0 spiro atoms. The number of carboxylic acid groups (broad SMARTS) is 1. The molecule has 2 aromatic heterocycles. The minimum absolute atomic E-state index is 0.342. The smallest absolute Gasteiger partial charge is 0.306 e. The van der Waals surface area contributed by atoms with Crippen molar-refractivity contribution in [1.82, 2.24) is 15.0 Å². The maximum atomic E-state index is 11.4. The van der Waals surface area contributed by atoms with E-state index in [1.807, 2.05) is 6.08 Å². The Labute approximate surface area is 170 Å². The highest BCUT2D eigenvalue weighted by Crippen LogP contribution is 2.40. The zero-order valence-corrected chi connectivity index (χ0v) is 16.4. The lowest BCUT2D eigenvalue weighted by Gasteiger charge is -2.23. The van der Waals surface area contributed by atoms with Gasteiger partial charge in [-0.25, -0.2) is 15.8 Å². The van der Waals surface area contributed by atoms with Crippen molar-refractivity contribution < 1.29 is 9.90 Å². The lowest BCUT2D eigenvalue weighted by molar-refractivity contribution is -0.142. The molecule has 28 heavy (non-hydrogen) atoms. The number of carboxylic acids is 1. The van der Waals surface area contributed by atoms with Crippen molar-refractivity contribution in [3.05, 3.63) is 64.2 Å². The minimum Gasteiger partial charge on any atom is -0.481 e. The van der Waals surface area contributed by atoms with Crippen LogP contribution in [0.1, 0.15) is 16.9 Å². The Morgan fingerprint density at radius 1 is 1.50 bits per heavy atom. The summed E-state index contributed by atoms with van der Waals surface area (Å²) in [4.78, 5) is 22.1. The van der Waals surface area contributed by atoms with E-state index in [1.165, 1.54) is 22.7 Å². The van der Waals surface area contributed by atoms with Gasteiger partial charge in [0.2, 0.25) is 0 Å². The number of allylic oxidation sites excluding steroid dienone is 4. The first kappa shape index (κ1) is 18.7. The standard InChI is InChI=1S/C19H18ClN5O2S/c1-2-3-11-7-14(13(20)8-25(11)21)24-17-16-12-5-4-10(19(26)27)6-15(12)28-18(16)23-9-22-17/h2-3,7-10H,1,4-6,21H2,(H,26,27)(H,22,23,24)/b11-3-/t10-/m0/s1. The van der Waals surface area contributed by atoms with Crippen LogP contribution >= 0.6 is 22.9 Å². The second kappa shape index (κ2) is 7.38. The molecule has 0 amide bonds. The topological polar surface area (TPSA) is 104 Å². The number of aliphatic carboxylic acids is 1. The van der Waals surface area contributed by atoms with E-state index in [-0.39, 0.29) is 5.92 Å². The molecule has 0 saturated heterocycles. The number of thiophene rings is 1. The van der Waals surface area contributed by atoms with E-state index < -0.39 is 5.97 Å². The number of aromatic nitrogens is 2. The number of aryl methyl sites for hydroxylation is 1. The highest BCUT2D eigenvalue weighted by molar-refractivity contribution is 7.19. The van der Waals surface area contributed by atoms with Crippen molar-refractivity contribution in [3.8, 4) is 0 Å². The van der Waals surface area contributed by atoms with Gasteiger partial charge in [-0.05, 0) is 37.0 Å². The van der Waals surface area contributed by atoms with Gasteiger partial charge in [-0.2, -0.15) is 0 Å². The van der Waals surface area contributed by atoms with Gasteiger partial charge in [0, 0.05) is 11.1 Å². The number of halogens is 1. The number of fused-ring (bicyclic) bond motifs is 3. The molecule has 0 saturated carbocycles. The number of hydrogen-bond donors (Lipinski definition) is 3. The molecular weight excluding hydrogens is 398 g/mol. The van der Waals surface area contributed by atoms with Crippen molar-refractivity contribution in [2.45, 2.75) is 19.3 Å². The Morgan fingerprint density at radius 3 is 3.07 bits per heavy atom. The zero-order chi connectivity index (χ0) is 19.8. The fraction of sp³-hybridized carbons (Fsp3) is 0.211. The molecule has 2 aromatic rings. The van der Waals surface area contributed by atoms with Gasteiger partial charge in [-0.1, -0.05) is 24.3 Å². The van der Waals surface area contributed by atoms with Crippen LogP contribution in [0.4, 0.5) is 5.82 Å². The van der Waals surface area contributed by atoms with Gasteiger partial charge in [0.15, 0.2) is 0 Å². The molecule has 144 valence electrons. The Hall–Kier alpha value is -2.68. The number of anilines is 1. The van der Waals surface area contributed by atoms with Gasteiger partial charge < -0.3 is 10.4 Å². The third kappa shape index (κ3) is 3.30. The number of hydrazine groups is 1. The molecule has 4 N–H and O–H groups in total. The van der Waals surface area contributed by atoms with E-state index in [0.717, 1.165) is 26.4 Å². The van der Waals surface area contributed by atoms with E-state index >= 15 is 0 Å². The average Bonchev–Trinajstić information content (AvgIpc) is 3.04. The fourth-order valence-electron chi connectivity index (χ4n) is 3.45. The lowest BCUT2D eigenvalue weighted by atomic mass is 9.88. The van der Waals surface area contributed by atoms with Crippen LogP contribution in [0.25, 0.3) is 10.2 Å². The summed E-state index contributed by atoms with van der Waals surface area (Å²) in [5.41, 5.74) is 2.51. The molecule has 0 radical (unpaired) electrons. The Bertz CT molecular complexity index is 1070. The van der Waals surface area contributed by atoms with E-state index in [4.69, 9.17) is 17.4 Å². The van der Waals surface area contributed by atoms with Crippen molar-refractivity contribution in [3.63, 3.8) is 0 Å². The number of carbonyl (C=O) groups is 1. The fourth-order valence-corrected chi connectivity index (χ4v) is 4.93. The zero-order valence-electron chi connectivity index (χ0n) is 14.9. The summed E-state index contributed by atoms with van der Waals surface area (Å²) in [5.74, 6) is 5.49. The molecule has 0 fully saturated rings. The van der Waals surface area contributed by atoms with Crippen molar-refractivity contribution >= 4 is 44.9 Å². The highest BCUT2D eigenvalue weighted by atomic mass is 35.5. The molecule has 0 bridgehead atoms. The molecule has 3 heterocycles. The number of nitrogens with zero attached hydrogens (tertiary/aromatic N) is 3. The number of hydrogen-bond acceptors (Lipinski definition) is 7. The van der Waals surface area contributed by atoms with Crippen LogP contribution in [-0.4, -0.2) is 26.1 Å². The molecule has 1 aliphatic carbocycles. The average molecular weight is 416 g/mol. The molecule has 1 atom stereocenters. The molecule has 0 unspecified atom stereocenters. The van der Waals surface area contributed by atoms with Crippen LogP contribution in [0, 0.1) is 5.92 Å². The first-order valence-electron chi connectivity index (χ1n) is 8.69. The van der Waals surface area contributed by atoms with Crippen LogP contribution in [0.3, 0.4) is 0 Å². The summed E-state index contributed by atoms with van der Waals surface area (Å²) in [5, 5.41) is 15.4. The van der Waals surface area contributed by atoms with Crippen LogP contribution in [0.5, 0.6) is 0 Å². The molecule has 2 aliphatic rings. The van der Waals surface area contributed by atoms with Gasteiger partial charge in [-0.3, -0.25) is 9.80 Å². The maximum Gasteiger partial charge on any atom is 0.306 e. The second-order valence-corrected chi connectivity index (χ2v) is 8.07. The van der Waals surface area contributed by atoms with Gasteiger partial charge >= 0.3 is 5.97 Å². The van der Waals surface area contributed by atoms with Crippen LogP contribution in [0.2, 0.25) is 0 Å². The summed E-state index contributed by atoms with van der Waals surface area (Å²) in [7, 11) is 0. The number of nitrogens with one attached hydrogen (secondary N) is 1. The Balaban J connectivity index is 1.73. The number of rotatable bonds is 4. The number of nitrogens with two attached hydrogens (primary N) is 1. The van der Waals surface area contributed by atoms with Crippen molar-refractivity contribution in [2.24, 2.45) is 11.8 Å². The van der Waals surface area contributed by atoms with Gasteiger partial charge in [0.1, 0.15) is 17.0 Å². The third-order valence-electron chi connectivity index (χ3n) is 4.84. The largest absolute Gasteiger partial charge is 0.481 e. The maximum absolute atomic E-state index is 11.4. The second-order valence-electron chi connectivity index (χ2n) is 6.58. The van der Waals surface area contributed by atoms with E-state index in [0.29, 0.717) is 35.8 Å². The quantitative estimate of drug-likeness (QED) is 0.656. The summed E-state index contributed by atoms with van der Waals surface area (Å²) in [6.45, 7) is 3.69. The lowest BCUT2D eigenvalue weighted by Crippen LogP contribution is -2.27. The van der Waals surface area contributed by atoms with Gasteiger partial charge in [-0.15, -0.1) is 11.3 Å². The summed E-state index contributed by atoms with van der Waals surface area (Å²) in [6, 6.07) is 0. The minimum atomic E-state index is -0.746. The molecular formula is C19H18ClN5O2S. The first-order chi connectivity index (χ1) is 13.5. The van der Waals surface area contributed by atoms with Crippen LogP contribution < -0.4 is 11.2 Å². The van der Waals surface area contributed by atoms with E-state index in [2.05, 4.69) is 21.9 Å². The Kier molecular flexibility index (Phi) is 4.92. The molecule has 4 rings (SSSR count). The van der Waals surface area contributed by atoms with E-state index in [1.54, 1.807) is 18.4 Å². The van der Waals surface area contributed by atoms with Crippen molar-refractivity contribution in [2.75, 3.05) is 5.32 Å². The Morgan fingerprint density at radius 2 is 2.32 bits per heavy atom. The van der Waals surface area contributed by atoms with Gasteiger partial charge in [0.25, 0.3) is 0 Å². The predicted octanol–water partition coefficient (Wildman–Crippen LogP) is 3.52. The monoisotopic (exact) mass is 415 g/mol. The molecule has 0 aromatic carbocycles. The van der Waals surface area contributed by atoms with Crippen LogP contribution in [-0.2, 0) is 17.6 Å². The molecule has 7 nitrogen and oxygen atoms in total. The van der Waals surface area contributed by atoms with Gasteiger partial charge in [0.05, 0.1) is 27.7 Å². The van der Waals surface area contributed by atoms with E-state index in [9.17, 15) is 9.90 Å². The highest BCUT2D eigenvalue weighted by Gasteiger charge is 2.29. The summed E-state index contributed by atoms with van der Waals surface area (Å²) < 4.78 is 0. The summed E-state index contributed by atoms with van der Waals surface area (Å²) in [6.07, 6.45) is 10.2. The molecule has 1 aliphatic heterocycles. The SMILES string of the molecule is C=C/C=C1/C=C(Nc2ncnc3sc4c(c23)CC[C@H](C(=O)O)C4)C(Cl)=CN1N. The van der Waals surface area contributed by atoms with Crippen LogP contribution in [0.15, 0.2) is 53.8 Å². The third-order valence-corrected chi connectivity index (χ3v) is 6.30. The first-order valence-corrected chi connectivity index (χ1v) is 9.88. The predicted molar refractivity (Wildman–Crippen MR) is 111 cm³/mol. The van der Waals surface area contributed by atoms with Crippen molar-refractivity contribution in [1.29, 1.82) is 0 Å².